The minimum absolute atomic E-state index is 0.542. The van der Waals surface area contributed by atoms with E-state index in [0.29, 0.717) is 11.8 Å². The van der Waals surface area contributed by atoms with Crippen molar-refractivity contribution >= 4 is 50.0 Å². The second-order valence-corrected chi connectivity index (χ2v) is 9.94. The SMILES string of the molecule is c1ccc(N(c2ccccc2)c2ccc3oc(-c4ccc5oc(-c6ccc7ccccc7c6)nc5c4)nc3c2)cc1. The zero-order valence-corrected chi connectivity index (χ0v) is 21.9. The van der Waals surface area contributed by atoms with E-state index in [9.17, 15) is 0 Å². The van der Waals surface area contributed by atoms with Gasteiger partial charge in [-0.15, -0.1) is 0 Å². The standard InChI is InChI=1S/C36H23N3O2/c1-3-11-28(12-4-1)39(29-13-5-2-6-14-29)30-18-20-34-32(23-30)38-36(41-34)27-17-19-33-31(22-27)37-35(40-33)26-16-15-24-9-7-8-10-25(24)21-26/h1-23H. The highest BCUT2D eigenvalue weighted by Gasteiger charge is 2.16. The van der Waals surface area contributed by atoms with E-state index in [1.54, 1.807) is 0 Å². The lowest BCUT2D eigenvalue weighted by Gasteiger charge is -2.25. The molecule has 0 bridgehead atoms. The van der Waals surface area contributed by atoms with Gasteiger partial charge in [0.25, 0.3) is 0 Å². The molecule has 0 amide bonds. The first-order valence-corrected chi connectivity index (χ1v) is 13.5. The molecule has 0 N–H and O–H groups in total. The lowest BCUT2D eigenvalue weighted by Crippen LogP contribution is -2.09. The number of hydrogen-bond acceptors (Lipinski definition) is 5. The summed E-state index contributed by atoms with van der Waals surface area (Å²) in [5.41, 5.74) is 7.91. The predicted octanol–water partition coefficient (Wildman–Crippen LogP) is 9.93. The number of anilines is 3. The Bertz CT molecular complexity index is 2130. The Morgan fingerprint density at radius 2 is 0.951 bits per heavy atom. The molecule has 5 nitrogen and oxygen atoms in total. The van der Waals surface area contributed by atoms with Crippen molar-refractivity contribution in [1.82, 2.24) is 9.97 Å². The quantitative estimate of drug-likeness (QED) is 0.222. The molecule has 0 aliphatic heterocycles. The highest BCUT2D eigenvalue weighted by molar-refractivity contribution is 5.89. The first-order valence-electron chi connectivity index (χ1n) is 13.5. The van der Waals surface area contributed by atoms with Crippen LogP contribution in [0.1, 0.15) is 0 Å². The minimum atomic E-state index is 0.542. The van der Waals surface area contributed by atoms with Gasteiger partial charge in [-0.3, -0.25) is 0 Å². The summed E-state index contributed by atoms with van der Waals surface area (Å²) in [5, 5.41) is 2.33. The van der Waals surface area contributed by atoms with Crippen LogP contribution >= 0.6 is 0 Å². The number of hydrogen-bond donors (Lipinski definition) is 0. The second-order valence-electron chi connectivity index (χ2n) is 9.94. The van der Waals surface area contributed by atoms with Gasteiger partial charge in [0.2, 0.25) is 11.8 Å². The van der Waals surface area contributed by atoms with Gasteiger partial charge in [-0.05, 0) is 83.6 Å². The molecule has 0 aliphatic rings. The number of rotatable bonds is 5. The monoisotopic (exact) mass is 529 g/mol. The molecule has 0 fully saturated rings. The van der Waals surface area contributed by atoms with Crippen molar-refractivity contribution in [3.63, 3.8) is 0 Å². The number of nitrogens with zero attached hydrogens (tertiary/aromatic N) is 3. The van der Waals surface area contributed by atoms with Crippen molar-refractivity contribution in [2.45, 2.75) is 0 Å². The molecule has 0 saturated carbocycles. The van der Waals surface area contributed by atoms with Crippen LogP contribution in [-0.4, -0.2) is 9.97 Å². The van der Waals surface area contributed by atoms with Gasteiger partial charge in [-0.1, -0.05) is 66.7 Å². The van der Waals surface area contributed by atoms with E-state index in [2.05, 4.69) is 65.6 Å². The van der Waals surface area contributed by atoms with Crippen molar-refractivity contribution in [3.05, 3.63) is 140 Å². The van der Waals surface area contributed by atoms with Gasteiger partial charge in [-0.25, -0.2) is 9.97 Å². The fourth-order valence-electron chi connectivity index (χ4n) is 5.29. The smallest absolute Gasteiger partial charge is 0.227 e. The molecule has 0 atom stereocenters. The molecule has 0 spiro atoms. The van der Waals surface area contributed by atoms with E-state index in [0.717, 1.165) is 55.8 Å². The maximum atomic E-state index is 6.20. The van der Waals surface area contributed by atoms with E-state index < -0.39 is 0 Å². The molecule has 8 rings (SSSR count). The third kappa shape index (κ3) is 4.21. The van der Waals surface area contributed by atoms with Crippen molar-refractivity contribution in [1.29, 1.82) is 0 Å². The third-order valence-corrected chi connectivity index (χ3v) is 7.29. The number of oxazole rings is 2. The lowest BCUT2D eigenvalue weighted by atomic mass is 10.1. The van der Waals surface area contributed by atoms with Crippen LogP contribution in [0.15, 0.2) is 148 Å². The Morgan fingerprint density at radius 1 is 0.415 bits per heavy atom. The molecule has 6 aromatic carbocycles. The van der Waals surface area contributed by atoms with Crippen LogP contribution in [0.2, 0.25) is 0 Å². The summed E-state index contributed by atoms with van der Waals surface area (Å²) >= 11 is 0. The van der Waals surface area contributed by atoms with Crippen LogP contribution in [-0.2, 0) is 0 Å². The Morgan fingerprint density at radius 3 is 1.63 bits per heavy atom. The largest absolute Gasteiger partial charge is 0.436 e. The normalized spacial score (nSPS) is 11.4. The van der Waals surface area contributed by atoms with E-state index in [4.69, 9.17) is 18.8 Å². The van der Waals surface area contributed by atoms with E-state index in [1.807, 2.05) is 78.9 Å². The predicted molar refractivity (Wildman–Crippen MR) is 165 cm³/mol. The summed E-state index contributed by atoms with van der Waals surface area (Å²) in [7, 11) is 0. The Kier molecular flexibility index (Phi) is 5.38. The molecule has 8 aromatic rings. The van der Waals surface area contributed by atoms with E-state index >= 15 is 0 Å². The lowest BCUT2D eigenvalue weighted by molar-refractivity contribution is 0.618. The first kappa shape index (κ1) is 23.2. The van der Waals surface area contributed by atoms with Crippen LogP contribution in [0.3, 0.4) is 0 Å². The summed E-state index contributed by atoms with van der Waals surface area (Å²) in [4.78, 5) is 11.9. The molecule has 2 aromatic heterocycles. The molecule has 194 valence electrons. The van der Waals surface area contributed by atoms with E-state index in [1.165, 1.54) is 5.39 Å². The van der Waals surface area contributed by atoms with Crippen molar-refractivity contribution < 1.29 is 8.83 Å². The van der Waals surface area contributed by atoms with Gasteiger partial charge in [0.15, 0.2) is 11.2 Å². The minimum Gasteiger partial charge on any atom is -0.436 e. The first-order chi connectivity index (χ1) is 20.3. The average Bonchev–Trinajstić information content (AvgIpc) is 3.66. The highest BCUT2D eigenvalue weighted by atomic mass is 16.4. The summed E-state index contributed by atoms with van der Waals surface area (Å²) in [6.45, 7) is 0. The molecule has 2 heterocycles. The van der Waals surface area contributed by atoms with Crippen molar-refractivity contribution in [2.75, 3.05) is 4.90 Å². The molecule has 5 heteroatoms. The van der Waals surface area contributed by atoms with Gasteiger partial charge < -0.3 is 13.7 Å². The summed E-state index contributed by atoms with van der Waals surface area (Å²) in [5.74, 6) is 1.13. The summed E-state index contributed by atoms with van der Waals surface area (Å²) in [6, 6.07) is 47.1. The van der Waals surface area contributed by atoms with Crippen molar-refractivity contribution in [2.24, 2.45) is 0 Å². The molecular weight excluding hydrogens is 506 g/mol. The van der Waals surface area contributed by atoms with Gasteiger partial charge >= 0.3 is 0 Å². The second kappa shape index (κ2) is 9.50. The summed E-state index contributed by atoms with van der Waals surface area (Å²) in [6.07, 6.45) is 0. The fourth-order valence-corrected chi connectivity index (χ4v) is 5.29. The molecule has 0 aliphatic carbocycles. The van der Waals surface area contributed by atoms with Crippen LogP contribution in [0, 0.1) is 0 Å². The molecule has 0 unspecified atom stereocenters. The maximum Gasteiger partial charge on any atom is 0.227 e. The Labute approximate surface area is 235 Å². The summed E-state index contributed by atoms with van der Waals surface area (Å²) < 4.78 is 12.3. The fraction of sp³-hybridized carbons (Fsp3) is 0. The van der Waals surface area contributed by atoms with Gasteiger partial charge in [0, 0.05) is 28.2 Å². The zero-order chi connectivity index (χ0) is 27.2. The highest BCUT2D eigenvalue weighted by Crippen LogP contribution is 2.37. The van der Waals surface area contributed by atoms with Crippen LogP contribution in [0.4, 0.5) is 17.1 Å². The van der Waals surface area contributed by atoms with Crippen LogP contribution in [0.5, 0.6) is 0 Å². The topological polar surface area (TPSA) is 55.3 Å². The molecule has 41 heavy (non-hydrogen) atoms. The molecule has 0 radical (unpaired) electrons. The Balaban J connectivity index is 1.16. The number of aromatic nitrogens is 2. The zero-order valence-electron chi connectivity index (χ0n) is 21.9. The van der Waals surface area contributed by atoms with Gasteiger partial charge in [0.1, 0.15) is 11.0 Å². The third-order valence-electron chi connectivity index (χ3n) is 7.29. The van der Waals surface area contributed by atoms with Gasteiger partial charge in [-0.2, -0.15) is 0 Å². The number of para-hydroxylation sites is 2. The van der Waals surface area contributed by atoms with Crippen LogP contribution < -0.4 is 4.90 Å². The van der Waals surface area contributed by atoms with Gasteiger partial charge in [0.05, 0.1) is 0 Å². The number of fused-ring (bicyclic) bond motifs is 3. The number of benzene rings is 6. The van der Waals surface area contributed by atoms with Crippen LogP contribution in [0.25, 0.3) is 55.9 Å². The van der Waals surface area contributed by atoms with E-state index in [-0.39, 0.29) is 0 Å². The maximum absolute atomic E-state index is 6.20. The molecular formula is C36H23N3O2. The molecule has 0 saturated heterocycles. The Hall–Kier alpha value is -5.68. The van der Waals surface area contributed by atoms with Crippen molar-refractivity contribution in [3.8, 4) is 22.9 Å². The average molecular weight is 530 g/mol.